The average Bonchev–Trinajstić information content (AvgIpc) is 2.58. The number of aryl methyl sites for hydroxylation is 1. The standard InChI is InChI=1S/C10H13Br2NO2S2/c1-7-9(5-10(12)16-7)17(14,15)13-4-2-3-8(11)6-13/h5,8H,2-4,6H2,1H3. The number of sulfonamides is 1. The number of piperidine rings is 1. The number of rotatable bonds is 2. The van der Waals surface area contributed by atoms with Crippen LogP contribution < -0.4 is 0 Å². The maximum absolute atomic E-state index is 12.5. The van der Waals surface area contributed by atoms with E-state index in [2.05, 4.69) is 31.9 Å². The van der Waals surface area contributed by atoms with Gasteiger partial charge in [0.15, 0.2) is 0 Å². The molecule has 1 aromatic heterocycles. The van der Waals surface area contributed by atoms with Crippen molar-refractivity contribution in [1.29, 1.82) is 0 Å². The lowest BCUT2D eigenvalue weighted by molar-refractivity contribution is 0.356. The molecule has 0 amide bonds. The fourth-order valence-electron chi connectivity index (χ4n) is 1.94. The van der Waals surface area contributed by atoms with E-state index < -0.39 is 10.0 Å². The Morgan fingerprint density at radius 3 is 2.76 bits per heavy atom. The van der Waals surface area contributed by atoms with Crippen LogP contribution >= 0.6 is 43.2 Å². The molecule has 1 unspecified atom stereocenters. The molecule has 3 nitrogen and oxygen atoms in total. The van der Waals surface area contributed by atoms with Crippen LogP contribution in [0.4, 0.5) is 0 Å². The first-order valence-corrected chi connectivity index (χ1v) is 9.28. The van der Waals surface area contributed by atoms with E-state index in [4.69, 9.17) is 0 Å². The highest BCUT2D eigenvalue weighted by Crippen LogP contribution is 2.33. The van der Waals surface area contributed by atoms with Crippen molar-refractivity contribution in [3.05, 3.63) is 14.7 Å². The minimum absolute atomic E-state index is 0.272. The molecule has 17 heavy (non-hydrogen) atoms. The van der Waals surface area contributed by atoms with E-state index in [1.165, 1.54) is 11.3 Å². The van der Waals surface area contributed by atoms with Gasteiger partial charge in [0.25, 0.3) is 0 Å². The first-order valence-electron chi connectivity index (χ1n) is 5.31. The highest BCUT2D eigenvalue weighted by molar-refractivity contribution is 9.11. The lowest BCUT2D eigenvalue weighted by Crippen LogP contribution is -2.40. The third-order valence-electron chi connectivity index (χ3n) is 2.79. The van der Waals surface area contributed by atoms with Gasteiger partial charge in [-0.25, -0.2) is 8.42 Å². The summed E-state index contributed by atoms with van der Waals surface area (Å²) >= 11 is 8.30. The highest BCUT2D eigenvalue weighted by atomic mass is 79.9. The maximum atomic E-state index is 12.5. The molecule has 0 spiro atoms. The Labute approximate surface area is 123 Å². The van der Waals surface area contributed by atoms with E-state index in [0.717, 1.165) is 21.5 Å². The van der Waals surface area contributed by atoms with Crippen molar-refractivity contribution in [2.45, 2.75) is 29.5 Å². The maximum Gasteiger partial charge on any atom is 0.244 e. The Morgan fingerprint density at radius 1 is 1.53 bits per heavy atom. The van der Waals surface area contributed by atoms with Crippen molar-refractivity contribution in [1.82, 2.24) is 4.31 Å². The third-order valence-corrected chi connectivity index (χ3v) is 7.21. The van der Waals surface area contributed by atoms with Crippen LogP contribution in [-0.4, -0.2) is 30.6 Å². The Morgan fingerprint density at radius 2 is 2.24 bits per heavy atom. The quantitative estimate of drug-likeness (QED) is 0.711. The fourth-order valence-corrected chi connectivity index (χ4v) is 6.71. The predicted molar refractivity (Wildman–Crippen MR) is 77.5 cm³/mol. The second kappa shape index (κ2) is 5.28. The number of nitrogens with zero attached hydrogens (tertiary/aromatic N) is 1. The minimum atomic E-state index is -3.32. The van der Waals surface area contributed by atoms with Crippen molar-refractivity contribution in [3.63, 3.8) is 0 Å². The summed E-state index contributed by atoms with van der Waals surface area (Å²) in [6.07, 6.45) is 1.96. The Balaban J connectivity index is 2.33. The molecule has 0 aromatic carbocycles. The molecule has 7 heteroatoms. The molecule has 1 aromatic rings. The summed E-state index contributed by atoms with van der Waals surface area (Å²) < 4.78 is 27.4. The number of hydrogen-bond acceptors (Lipinski definition) is 3. The van der Waals surface area contributed by atoms with Gasteiger partial charge in [-0.3, -0.25) is 0 Å². The summed E-state index contributed by atoms with van der Waals surface area (Å²) in [5.41, 5.74) is 0. The van der Waals surface area contributed by atoms with E-state index in [0.29, 0.717) is 18.0 Å². The van der Waals surface area contributed by atoms with Crippen LogP contribution in [0.2, 0.25) is 0 Å². The highest BCUT2D eigenvalue weighted by Gasteiger charge is 2.31. The van der Waals surface area contributed by atoms with E-state index in [-0.39, 0.29) is 4.83 Å². The van der Waals surface area contributed by atoms with Gasteiger partial charge < -0.3 is 0 Å². The van der Waals surface area contributed by atoms with Crippen molar-refractivity contribution < 1.29 is 8.42 Å². The SMILES string of the molecule is Cc1sc(Br)cc1S(=O)(=O)N1CCCC(Br)C1. The Hall–Kier alpha value is 0.570. The van der Waals surface area contributed by atoms with Crippen LogP contribution in [0.25, 0.3) is 0 Å². The van der Waals surface area contributed by atoms with Crippen LogP contribution in [0.1, 0.15) is 17.7 Å². The number of thiophene rings is 1. The molecule has 96 valence electrons. The van der Waals surface area contributed by atoms with Gasteiger partial charge in [-0.2, -0.15) is 4.31 Å². The van der Waals surface area contributed by atoms with Gasteiger partial charge in [-0.05, 0) is 41.8 Å². The molecule has 1 aliphatic heterocycles. The normalized spacial score (nSPS) is 22.9. The van der Waals surface area contributed by atoms with Crippen LogP contribution in [0.5, 0.6) is 0 Å². The molecule has 1 fully saturated rings. The van der Waals surface area contributed by atoms with Crippen LogP contribution in [0.3, 0.4) is 0 Å². The molecule has 0 N–H and O–H groups in total. The second-order valence-corrected chi connectivity index (χ2v) is 9.91. The van der Waals surface area contributed by atoms with Crippen molar-refractivity contribution in [2.75, 3.05) is 13.1 Å². The predicted octanol–water partition coefficient (Wildman–Crippen LogP) is 3.37. The summed E-state index contributed by atoms with van der Waals surface area (Å²) in [5, 5.41) is 0. The van der Waals surface area contributed by atoms with Gasteiger partial charge in [-0.1, -0.05) is 15.9 Å². The van der Waals surface area contributed by atoms with Crippen molar-refractivity contribution in [3.8, 4) is 0 Å². The molecule has 0 bridgehead atoms. The first-order chi connectivity index (χ1) is 7.91. The smallest absolute Gasteiger partial charge is 0.207 e. The molecule has 1 atom stereocenters. The van der Waals surface area contributed by atoms with Gasteiger partial charge in [0.2, 0.25) is 10.0 Å². The first kappa shape index (κ1) is 14.0. The summed E-state index contributed by atoms with van der Waals surface area (Å²) in [7, 11) is -3.32. The summed E-state index contributed by atoms with van der Waals surface area (Å²) in [6, 6.07) is 1.70. The largest absolute Gasteiger partial charge is 0.244 e. The molecular weight excluding hydrogens is 390 g/mol. The van der Waals surface area contributed by atoms with Gasteiger partial charge in [0.05, 0.1) is 8.68 Å². The molecule has 1 saturated heterocycles. The fraction of sp³-hybridized carbons (Fsp3) is 0.600. The van der Waals surface area contributed by atoms with Gasteiger partial charge in [0.1, 0.15) is 0 Å². The van der Waals surface area contributed by atoms with E-state index in [1.807, 2.05) is 6.92 Å². The molecule has 2 rings (SSSR count). The summed E-state index contributed by atoms with van der Waals surface area (Å²) in [5.74, 6) is 0. The number of halogens is 2. The molecule has 0 radical (unpaired) electrons. The molecule has 2 heterocycles. The zero-order chi connectivity index (χ0) is 12.6. The van der Waals surface area contributed by atoms with E-state index in [1.54, 1.807) is 10.4 Å². The monoisotopic (exact) mass is 401 g/mol. The topological polar surface area (TPSA) is 37.4 Å². The third kappa shape index (κ3) is 2.94. The lowest BCUT2D eigenvalue weighted by atomic mass is 10.2. The summed E-state index contributed by atoms with van der Waals surface area (Å²) in [4.78, 5) is 1.55. The van der Waals surface area contributed by atoms with E-state index in [9.17, 15) is 8.42 Å². The van der Waals surface area contributed by atoms with Gasteiger partial charge >= 0.3 is 0 Å². The molecule has 0 saturated carbocycles. The number of hydrogen-bond donors (Lipinski definition) is 0. The van der Waals surface area contributed by atoms with Gasteiger partial charge in [0, 0.05) is 22.8 Å². The van der Waals surface area contributed by atoms with Crippen molar-refractivity contribution in [2.24, 2.45) is 0 Å². The second-order valence-electron chi connectivity index (χ2n) is 4.07. The van der Waals surface area contributed by atoms with Crippen LogP contribution in [-0.2, 0) is 10.0 Å². The minimum Gasteiger partial charge on any atom is -0.207 e. The summed E-state index contributed by atoms with van der Waals surface area (Å²) in [6.45, 7) is 3.03. The van der Waals surface area contributed by atoms with E-state index >= 15 is 0 Å². The Bertz CT molecular complexity index is 512. The van der Waals surface area contributed by atoms with Crippen LogP contribution in [0, 0.1) is 6.92 Å². The number of alkyl halides is 1. The zero-order valence-electron chi connectivity index (χ0n) is 9.32. The zero-order valence-corrected chi connectivity index (χ0v) is 14.1. The lowest BCUT2D eigenvalue weighted by Gasteiger charge is -2.29. The molecule has 1 aliphatic rings. The average molecular weight is 403 g/mol. The van der Waals surface area contributed by atoms with Crippen LogP contribution in [0.15, 0.2) is 14.7 Å². The van der Waals surface area contributed by atoms with Gasteiger partial charge in [-0.15, -0.1) is 11.3 Å². The Kier molecular flexibility index (Phi) is 4.35. The molecule has 0 aliphatic carbocycles. The molecular formula is C10H13Br2NO2S2. The van der Waals surface area contributed by atoms with Crippen molar-refractivity contribution >= 4 is 53.2 Å².